The van der Waals surface area contributed by atoms with Crippen LogP contribution >= 0.6 is 27.7 Å². The molecule has 2 N–H and O–H groups in total. The molecule has 0 bridgehead atoms. The van der Waals surface area contributed by atoms with Gasteiger partial charge in [-0.05, 0) is 36.8 Å². The standard InChI is InChI=1S/C14H13BrFNS/c1-9(17)11-7-6-10(8-12(11)15)18-14-5-3-2-4-13(14)16/h2-9H,17H2,1H3. The van der Waals surface area contributed by atoms with Gasteiger partial charge in [-0.15, -0.1) is 0 Å². The van der Waals surface area contributed by atoms with Crippen molar-refractivity contribution in [3.8, 4) is 0 Å². The maximum Gasteiger partial charge on any atom is 0.137 e. The summed E-state index contributed by atoms with van der Waals surface area (Å²) in [5.74, 6) is -0.199. The van der Waals surface area contributed by atoms with Crippen LogP contribution in [0.3, 0.4) is 0 Å². The molecular formula is C14H13BrFNS. The Morgan fingerprint density at radius 3 is 2.56 bits per heavy atom. The van der Waals surface area contributed by atoms with Crippen molar-refractivity contribution >= 4 is 27.7 Å². The van der Waals surface area contributed by atoms with E-state index < -0.39 is 0 Å². The molecule has 0 radical (unpaired) electrons. The second-order valence-corrected chi connectivity index (χ2v) is 5.97. The topological polar surface area (TPSA) is 26.0 Å². The fourth-order valence-corrected chi connectivity index (χ4v) is 3.37. The van der Waals surface area contributed by atoms with Crippen molar-refractivity contribution in [2.75, 3.05) is 0 Å². The normalized spacial score (nSPS) is 12.4. The van der Waals surface area contributed by atoms with Crippen molar-refractivity contribution in [2.24, 2.45) is 5.73 Å². The van der Waals surface area contributed by atoms with Crippen molar-refractivity contribution in [1.29, 1.82) is 0 Å². The minimum atomic E-state index is -0.199. The maximum absolute atomic E-state index is 13.5. The third kappa shape index (κ3) is 3.13. The van der Waals surface area contributed by atoms with Crippen molar-refractivity contribution in [3.05, 3.63) is 58.3 Å². The van der Waals surface area contributed by atoms with E-state index in [9.17, 15) is 4.39 Å². The summed E-state index contributed by atoms with van der Waals surface area (Å²) in [6.45, 7) is 1.93. The van der Waals surface area contributed by atoms with Crippen LogP contribution < -0.4 is 5.73 Å². The predicted molar refractivity (Wildman–Crippen MR) is 77.3 cm³/mol. The summed E-state index contributed by atoms with van der Waals surface area (Å²) in [7, 11) is 0. The van der Waals surface area contributed by atoms with Gasteiger partial charge in [0.2, 0.25) is 0 Å². The van der Waals surface area contributed by atoms with Gasteiger partial charge in [0.25, 0.3) is 0 Å². The largest absolute Gasteiger partial charge is 0.324 e. The van der Waals surface area contributed by atoms with Gasteiger partial charge >= 0.3 is 0 Å². The summed E-state index contributed by atoms with van der Waals surface area (Å²) in [5, 5.41) is 0. The van der Waals surface area contributed by atoms with Crippen LogP contribution in [0, 0.1) is 5.82 Å². The lowest BCUT2D eigenvalue weighted by molar-refractivity contribution is 0.602. The Hall–Kier alpha value is -0.840. The molecule has 0 aliphatic heterocycles. The highest BCUT2D eigenvalue weighted by atomic mass is 79.9. The van der Waals surface area contributed by atoms with Crippen molar-refractivity contribution in [2.45, 2.75) is 22.8 Å². The lowest BCUT2D eigenvalue weighted by atomic mass is 10.1. The zero-order chi connectivity index (χ0) is 13.1. The molecule has 2 rings (SSSR count). The Labute approximate surface area is 119 Å². The first-order valence-electron chi connectivity index (χ1n) is 5.55. The first-order valence-corrected chi connectivity index (χ1v) is 7.16. The van der Waals surface area contributed by atoms with Crippen LogP contribution in [0.5, 0.6) is 0 Å². The molecule has 4 heteroatoms. The molecule has 0 fully saturated rings. The van der Waals surface area contributed by atoms with Crippen LogP contribution in [-0.2, 0) is 0 Å². The molecule has 0 amide bonds. The van der Waals surface area contributed by atoms with Gasteiger partial charge in [-0.2, -0.15) is 0 Å². The van der Waals surface area contributed by atoms with Crippen LogP contribution in [0.1, 0.15) is 18.5 Å². The second-order valence-electron chi connectivity index (χ2n) is 4.00. The van der Waals surface area contributed by atoms with Gasteiger partial charge in [-0.3, -0.25) is 0 Å². The molecule has 94 valence electrons. The first-order chi connectivity index (χ1) is 8.58. The summed E-state index contributed by atoms with van der Waals surface area (Å²) in [5.41, 5.74) is 6.89. The Morgan fingerprint density at radius 2 is 1.94 bits per heavy atom. The first kappa shape index (κ1) is 13.6. The number of nitrogens with two attached hydrogens (primary N) is 1. The number of rotatable bonds is 3. The van der Waals surface area contributed by atoms with E-state index in [4.69, 9.17) is 5.73 Å². The van der Waals surface area contributed by atoms with Crippen LogP contribution in [0.4, 0.5) is 4.39 Å². The molecule has 1 nitrogen and oxygen atoms in total. The summed E-state index contributed by atoms with van der Waals surface area (Å²) in [6.07, 6.45) is 0. The molecule has 0 saturated heterocycles. The van der Waals surface area contributed by atoms with Crippen LogP contribution in [-0.4, -0.2) is 0 Å². The minimum absolute atomic E-state index is 0.0214. The van der Waals surface area contributed by atoms with Gasteiger partial charge in [0.1, 0.15) is 5.82 Å². The number of benzene rings is 2. The molecule has 0 spiro atoms. The predicted octanol–water partition coefficient (Wildman–Crippen LogP) is 4.76. The van der Waals surface area contributed by atoms with E-state index in [1.54, 1.807) is 12.1 Å². The van der Waals surface area contributed by atoms with Crippen molar-refractivity contribution in [3.63, 3.8) is 0 Å². The molecule has 2 aromatic carbocycles. The van der Waals surface area contributed by atoms with E-state index in [-0.39, 0.29) is 11.9 Å². The van der Waals surface area contributed by atoms with E-state index in [1.165, 1.54) is 17.8 Å². The Morgan fingerprint density at radius 1 is 1.22 bits per heavy atom. The molecule has 0 heterocycles. The maximum atomic E-state index is 13.5. The fraction of sp³-hybridized carbons (Fsp3) is 0.143. The van der Waals surface area contributed by atoms with Gasteiger partial charge in [0.05, 0.1) is 0 Å². The molecule has 1 atom stereocenters. The van der Waals surface area contributed by atoms with E-state index in [1.807, 2.05) is 31.2 Å². The third-order valence-corrected chi connectivity index (χ3v) is 4.25. The quantitative estimate of drug-likeness (QED) is 0.880. The SMILES string of the molecule is CC(N)c1ccc(Sc2ccccc2F)cc1Br. The number of hydrogen-bond acceptors (Lipinski definition) is 2. The van der Waals surface area contributed by atoms with Gasteiger partial charge < -0.3 is 5.73 Å². The van der Waals surface area contributed by atoms with Gasteiger partial charge in [0.15, 0.2) is 0 Å². The highest BCUT2D eigenvalue weighted by Gasteiger charge is 2.08. The molecule has 0 aliphatic rings. The monoisotopic (exact) mass is 325 g/mol. The molecule has 0 aromatic heterocycles. The molecule has 0 saturated carbocycles. The molecule has 2 aromatic rings. The molecule has 1 unspecified atom stereocenters. The van der Waals surface area contributed by atoms with Gasteiger partial charge in [0, 0.05) is 20.3 Å². The minimum Gasteiger partial charge on any atom is -0.324 e. The highest BCUT2D eigenvalue weighted by Crippen LogP contribution is 2.33. The fourth-order valence-electron chi connectivity index (χ4n) is 1.60. The van der Waals surface area contributed by atoms with Gasteiger partial charge in [-0.1, -0.05) is 45.9 Å². The lowest BCUT2D eigenvalue weighted by Gasteiger charge is -2.10. The molecular weight excluding hydrogens is 313 g/mol. The Kier molecular flexibility index (Phi) is 4.43. The molecule has 0 aliphatic carbocycles. The average molecular weight is 326 g/mol. The van der Waals surface area contributed by atoms with Crippen molar-refractivity contribution in [1.82, 2.24) is 0 Å². The number of halogens is 2. The van der Waals surface area contributed by atoms with E-state index in [2.05, 4.69) is 15.9 Å². The van der Waals surface area contributed by atoms with Crippen LogP contribution in [0.15, 0.2) is 56.7 Å². The Balaban J connectivity index is 2.26. The third-order valence-electron chi connectivity index (χ3n) is 2.53. The average Bonchev–Trinajstić information content (AvgIpc) is 2.32. The summed E-state index contributed by atoms with van der Waals surface area (Å²) >= 11 is 4.90. The Bertz CT molecular complexity index is 557. The smallest absolute Gasteiger partial charge is 0.137 e. The summed E-state index contributed by atoms with van der Waals surface area (Å²) in [6, 6.07) is 12.6. The summed E-state index contributed by atoms with van der Waals surface area (Å²) < 4.78 is 14.5. The van der Waals surface area contributed by atoms with E-state index >= 15 is 0 Å². The number of hydrogen-bond donors (Lipinski definition) is 1. The van der Waals surface area contributed by atoms with Crippen LogP contribution in [0.25, 0.3) is 0 Å². The lowest BCUT2D eigenvalue weighted by Crippen LogP contribution is -2.05. The second kappa shape index (κ2) is 5.87. The van der Waals surface area contributed by atoms with Gasteiger partial charge in [-0.25, -0.2) is 4.39 Å². The van der Waals surface area contributed by atoms with E-state index in [0.29, 0.717) is 4.90 Å². The zero-order valence-corrected chi connectivity index (χ0v) is 12.3. The molecule has 18 heavy (non-hydrogen) atoms. The zero-order valence-electron chi connectivity index (χ0n) is 9.86. The highest BCUT2D eigenvalue weighted by molar-refractivity contribution is 9.10. The summed E-state index contributed by atoms with van der Waals surface area (Å²) in [4.78, 5) is 1.61. The van der Waals surface area contributed by atoms with Crippen molar-refractivity contribution < 1.29 is 4.39 Å². The van der Waals surface area contributed by atoms with E-state index in [0.717, 1.165) is 14.9 Å². The van der Waals surface area contributed by atoms with Crippen LogP contribution in [0.2, 0.25) is 0 Å².